The number of ketones is 1. The van der Waals surface area contributed by atoms with E-state index in [4.69, 9.17) is 0 Å². The number of phenolic OH excluding ortho intramolecular Hbond substituents is 2. The lowest BCUT2D eigenvalue weighted by molar-refractivity contribution is 0.100. The summed E-state index contributed by atoms with van der Waals surface area (Å²) in [5, 5.41) is 35.8. The fourth-order valence-electron chi connectivity index (χ4n) is 5.35. The predicted molar refractivity (Wildman–Crippen MR) is 163 cm³/mol. The van der Waals surface area contributed by atoms with Crippen molar-refractivity contribution in [3.63, 3.8) is 0 Å². The molecule has 2 aromatic carbocycles. The van der Waals surface area contributed by atoms with Gasteiger partial charge in [0.05, 0.1) is 16.4 Å². The number of carbonyl (C=O) groups excluding carboxylic acids is 1. The lowest BCUT2D eigenvalue weighted by Crippen LogP contribution is -2.36. The fraction of sp³-hybridized carbons (Fsp3) is 0.400. The van der Waals surface area contributed by atoms with Gasteiger partial charge in [-0.15, -0.1) is 0 Å². The summed E-state index contributed by atoms with van der Waals surface area (Å²) < 4.78 is 0. The van der Waals surface area contributed by atoms with Crippen LogP contribution in [0.2, 0.25) is 0 Å². The molecule has 0 aliphatic heterocycles. The molecule has 2 aromatic rings. The van der Waals surface area contributed by atoms with E-state index in [1.807, 2.05) is 74.5 Å². The monoisotopic (exact) mass is 528 g/mol. The SMILES string of the molecule is CC(C)=CCC1=C(O)C(CC=C(C)C)(CC=C(C)C)c2cc3c(CC=C(C)C)c(C)cc(O)c3c(O)c2C1=O. The highest BCUT2D eigenvalue weighted by molar-refractivity contribution is 6.17. The van der Waals surface area contributed by atoms with Crippen molar-refractivity contribution in [2.75, 3.05) is 0 Å². The Bertz CT molecular complexity index is 1440. The summed E-state index contributed by atoms with van der Waals surface area (Å²) in [5.41, 5.74) is 6.42. The van der Waals surface area contributed by atoms with Crippen LogP contribution in [-0.2, 0) is 11.8 Å². The maximum atomic E-state index is 14.0. The Morgan fingerprint density at radius 1 is 0.769 bits per heavy atom. The molecule has 39 heavy (non-hydrogen) atoms. The van der Waals surface area contributed by atoms with Gasteiger partial charge >= 0.3 is 0 Å². The van der Waals surface area contributed by atoms with Crippen molar-refractivity contribution in [1.82, 2.24) is 0 Å². The molecule has 0 aromatic heterocycles. The lowest BCUT2D eigenvalue weighted by Gasteiger charge is -2.39. The molecule has 0 bridgehead atoms. The van der Waals surface area contributed by atoms with Gasteiger partial charge in [-0.25, -0.2) is 0 Å². The van der Waals surface area contributed by atoms with E-state index >= 15 is 0 Å². The number of hydrogen-bond acceptors (Lipinski definition) is 4. The largest absolute Gasteiger partial charge is 0.511 e. The highest BCUT2D eigenvalue weighted by Crippen LogP contribution is 2.52. The number of benzene rings is 2. The number of fused-ring (bicyclic) bond motifs is 2. The standard InChI is InChI=1S/C35H44O4/c1-20(2)10-12-25-24(9)18-29(36)30-27(25)19-28-31(33(30)38)32(37)26(13-11-21(3)4)34(39)35(28,16-14-22(5)6)17-15-23(7)8/h10-11,14-15,18-19,36,38-39H,12-13,16-17H2,1-9H3. The quantitative estimate of drug-likeness (QED) is 0.298. The fourth-order valence-corrected chi connectivity index (χ4v) is 5.35. The predicted octanol–water partition coefficient (Wildman–Crippen LogP) is 9.38. The van der Waals surface area contributed by atoms with E-state index in [2.05, 4.69) is 18.2 Å². The van der Waals surface area contributed by atoms with Crippen molar-refractivity contribution < 1.29 is 20.1 Å². The van der Waals surface area contributed by atoms with Gasteiger partial charge in [-0.3, -0.25) is 4.79 Å². The zero-order valence-electron chi connectivity index (χ0n) is 25.0. The van der Waals surface area contributed by atoms with E-state index in [-0.39, 0.29) is 34.6 Å². The summed E-state index contributed by atoms with van der Waals surface area (Å²) >= 11 is 0. The Morgan fingerprint density at radius 2 is 1.28 bits per heavy atom. The van der Waals surface area contributed by atoms with E-state index in [0.717, 1.165) is 27.8 Å². The molecular formula is C35H44O4. The number of hydrogen-bond donors (Lipinski definition) is 3. The normalized spacial score (nSPS) is 14.1. The second kappa shape index (κ2) is 11.7. The maximum absolute atomic E-state index is 14.0. The van der Waals surface area contributed by atoms with Crippen LogP contribution in [0.25, 0.3) is 10.8 Å². The van der Waals surface area contributed by atoms with Crippen molar-refractivity contribution in [2.45, 2.75) is 93.4 Å². The van der Waals surface area contributed by atoms with Crippen LogP contribution >= 0.6 is 0 Å². The van der Waals surface area contributed by atoms with Gasteiger partial charge in [-0.05, 0) is 122 Å². The van der Waals surface area contributed by atoms with E-state index in [1.54, 1.807) is 6.07 Å². The number of phenols is 2. The second-order valence-corrected chi connectivity index (χ2v) is 11.9. The molecule has 0 radical (unpaired) electrons. The minimum Gasteiger partial charge on any atom is -0.511 e. The van der Waals surface area contributed by atoms with Crippen molar-refractivity contribution in [2.24, 2.45) is 0 Å². The second-order valence-electron chi connectivity index (χ2n) is 11.9. The van der Waals surface area contributed by atoms with Crippen LogP contribution in [-0.4, -0.2) is 21.1 Å². The van der Waals surface area contributed by atoms with Gasteiger partial charge in [0.2, 0.25) is 0 Å². The van der Waals surface area contributed by atoms with Gasteiger partial charge in [0.1, 0.15) is 17.3 Å². The first-order valence-electron chi connectivity index (χ1n) is 13.7. The number of rotatable bonds is 8. The van der Waals surface area contributed by atoms with Crippen LogP contribution in [0.1, 0.15) is 102 Å². The summed E-state index contributed by atoms with van der Waals surface area (Å²) in [4.78, 5) is 14.0. The van der Waals surface area contributed by atoms with Gasteiger partial charge in [0.25, 0.3) is 0 Å². The first-order chi connectivity index (χ1) is 18.2. The van der Waals surface area contributed by atoms with Crippen LogP contribution in [0.5, 0.6) is 11.5 Å². The highest BCUT2D eigenvalue weighted by atomic mass is 16.3. The summed E-state index contributed by atoms with van der Waals surface area (Å²) in [6.45, 7) is 18.0. The Hall–Kier alpha value is -3.53. The van der Waals surface area contributed by atoms with Crippen LogP contribution in [0.15, 0.2) is 70.1 Å². The van der Waals surface area contributed by atoms with E-state index in [1.165, 1.54) is 5.57 Å². The van der Waals surface area contributed by atoms with Crippen molar-refractivity contribution in [1.29, 1.82) is 0 Å². The van der Waals surface area contributed by atoms with Crippen LogP contribution in [0.4, 0.5) is 0 Å². The molecule has 0 fully saturated rings. The Kier molecular flexibility index (Phi) is 9.00. The molecule has 0 saturated carbocycles. The van der Waals surface area contributed by atoms with Crippen LogP contribution < -0.4 is 0 Å². The topological polar surface area (TPSA) is 77.8 Å². The molecule has 0 spiro atoms. The third-order valence-electron chi connectivity index (χ3n) is 7.61. The van der Waals surface area contributed by atoms with Gasteiger partial charge in [0.15, 0.2) is 5.78 Å². The number of aromatic hydroxyl groups is 2. The van der Waals surface area contributed by atoms with E-state index < -0.39 is 11.2 Å². The molecular weight excluding hydrogens is 484 g/mol. The molecule has 0 unspecified atom stereocenters. The number of aryl methyl sites for hydroxylation is 1. The molecule has 1 aliphatic rings. The Morgan fingerprint density at radius 3 is 1.79 bits per heavy atom. The zero-order chi connectivity index (χ0) is 29.2. The van der Waals surface area contributed by atoms with E-state index in [0.29, 0.717) is 35.8 Å². The minimum atomic E-state index is -0.943. The van der Waals surface area contributed by atoms with Crippen molar-refractivity contribution >= 4 is 16.6 Å². The Labute approximate surface area is 233 Å². The Balaban J connectivity index is 2.56. The zero-order valence-corrected chi connectivity index (χ0v) is 25.0. The molecule has 3 rings (SSSR count). The van der Waals surface area contributed by atoms with Crippen molar-refractivity contribution in [3.8, 4) is 11.5 Å². The average molecular weight is 529 g/mol. The van der Waals surface area contributed by atoms with Crippen molar-refractivity contribution in [3.05, 3.63) is 92.3 Å². The molecule has 0 saturated heterocycles. The summed E-state index contributed by atoms with van der Waals surface area (Å²) in [5.74, 6) is -0.603. The van der Waals surface area contributed by atoms with Gasteiger partial charge in [-0.1, -0.05) is 46.6 Å². The number of Topliss-reactive ketones (excluding diaryl/α,β-unsaturated/α-hetero) is 1. The van der Waals surface area contributed by atoms with Gasteiger partial charge in [0, 0.05) is 5.57 Å². The molecule has 1 aliphatic carbocycles. The van der Waals surface area contributed by atoms with Crippen LogP contribution in [0.3, 0.4) is 0 Å². The van der Waals surface area contributed by atoms with E-state index in [9.17, 15) is 20.1 Å². The maximum Gasteiger partial charge on any atom is 0.196 e. The lowest BCUT2D eigenvalue weighted by atomic mass is 9.64. The molecule has 4 nitrogen and oxygen atoms in total. The molecule has 0 heterocycles. The number of carbonyl (C=O) groups is 1. The number of aliphatic hydroxyl groups is 1. The first-order valence-corrected chi connectivity index (χ1v) is 13.7. The van der Waals surface area contributed by atoms with Gasteiger partial charge in [-0.2, -0.15) is 0 Å². The number of aliphatic hydroxyl groups excluding tert-OH is 1. The molecule has 0 atom stereocenters. The smallest absolute Gasteiger partial charge is 0.196 e. The molecule has 4 heteroatoms. The minimum absolute atomic E-state index is 0.0552. The first kappa shape index (κ1) is 30.0. The molecule has 3 N–H and O–H groups in total. The molecule has 208 valence electrons. The average Bonchev–Trinajstić information content (AvgIpc) is 2.82. The van der Waals surface area contributed by atoms with Gasteiger partial charge < -0.3 is 15.3 Å². The third-order valence-corrected chi connectivity index (χ3v) is 7.61. The highest BCUT2D eigenvalue weighted by Gasteiger charge is 2.46. The number of allylic oxidation sites excluding steroid dienone is 10. The summed E-state index contributed by atoms with van der Waals surface area (Å²) in [6.07, 6.45) is 10.1. The van der Waals surface area contributed by atoms with Crippen LogP contribution in [0, 0.1) is 6.92 Å². The third kappa shape index (κ3) is 5.90. The molecule has 0 amide bonds. The summed E-state index contributed by atoms with van der Waals surface area (Å²) in [7, 11) is 0. The summed E-state index contributed by atoms with van der Waals surface area (Å²) in [6, 6.07) is 3.60.